The predicted octanol–water partition coefficient (Wildman–Crippen LogP) is 4.07. The molecule has 0 spiro atoms. The summed E-state index contributed by atoms with van der Waals surface area (Å²) in [4.78, 5) is 16.4. The normalized spacial score (nSPS) is 10.6. The number of nitrogens with one attached hydrogen (secondary N) is 1. The number of nitrogens with zero attached hydrogens (tertiary/aromatic N) is 1. The lowest BCUT2D eigenvalue weighted by atomic mass is 10.1. The molecular weight excluding hydrogens is 350 g/mol. The molecule has 0 aliphatic heterocycles. The van der Waals surface area contributed by atoms with Gasteiger partial charge in [-0.3, -0.25) is 4.79 Å². The maximum absolute atomic E-state index is 12.0. The summed E-state index contributed by atoms with van der Waals surface area (Å²) < 4.78 is 0.905. The molecule has 2 rings (SSSR count). The Morgan fingerprint density at radius 3 is 2.86 bits per heavy atom. The molecule has 4 nitrogen and oxygen atoms in total. The van der Waals surface area contributed by atoms with E-state index < -0.39 is 0 Å². The maximum atomic E-state index is 12.0. The van der Waals surface area contributed by atoms with Crippen molar-refractivity contribution in [2.24, 2.45) is 0 Å². The molecule has 21 heavy (non-hydrogen) atoms. The Bertz CT molecular complexity index is 654. The van der Waals surface area contributed by atoms with Crippen molar-refractivity contribution >= 4 is 44.5 Å². The Morgan fingerprint density at radius 1 is 1.43 bits per heavy atom. The van der Waals surface area contributed by atoms with Crippen molar-refractivity contribution in [3.63, 3.8) is 0 Å². The number of aryl methyl sites for hydroxylation is 3. The third-order valence-electron chi connectivity index (χ3n) is 3.13. The zero-order valence-corrected chi connectivity index (χ0v) is 14.5. The van der Waals surface area contributed by atoms with E-state index in [2.05, 4.69) is 26.2 Å². The number of hydrogen-bond donors (Lipinski definition) is 2. The fraction of sp³-hybridized carbons (Fsp3) is 0.333. The molecular formula is C15H18BrN3OS. The summed E-state index contributed by atoms with van der Waals surface area (Å²) in [6.45, 7) is 3.90. The lowest BCUT2D eigenvalue weighted by Gasteiger charge is -2.11. The number of halogens is 1. The summed E-state index contributed by atoms with van der Waals surface area (Å²) in [6, 6.07) is 3.75. The number of anilines is 2. The van der Waals surface area contributed by atoms with Crippen molar-refractivity contribution in [1.82, 2.24) is 4.98 Å². The second-order valence-electron chi connectivity index (χ2n) is 4.94. The van der Waals surface area contributed by atoms with Crippen LogP contribution in [0.3, 0.4) is 0 Å². The van der Waals surface area contributed by atoms with E-state index in [-0.39, 0.29) is 5.91 Å². The number of rotatable bonds is 5. The van der Waals surface area contributed by atoms with Gasteiger partial charge in [-0.05, 0) is 44.4 Å². The van der Waals surface area contributed by atoms with Gasteiger partial charge in [-0.1, -0.05) is 15.9 Å². The van der Waals surface area contributed by atoms with Crippen LogP contribution in [0, 0.1) is 13.8 Å². The molecule has 0 radical (unpaired) electrons. The third-order valence-corrected chi connectivity index (χ3v) is 4.41. The van der Waals surface area contributed by atoms with Crippen LogP contribution in [0.4, 0.5) is 11.4 Å². The van der Waals surface area contributed by atoms with Crippen LogP contribution in [0.1, 0.15) is 29.1 Å². The number of carbonyl (C=O) groups is 1. The smallest absolute Gasteiger partial charge is 0.224 e. The Morgan fingerprint density at radius 2 is 2.19 bits per heavy atom. The minimum absolute atomic E-state index is 0.0221. The molecule has 0 saturated heterocycles. The van der Waals surface area contributed by atoms with Crippen LogP contribution in [0.15, 0.2) is 22.0 Å². The summed E-state index contributed by atoms with van der Waals surface area (Å²) in [5, 5.41) is 5.98. The highest BCUT2D eigenvalue weighted by atomic mass is 79.9. The van der Waals surface area contributed by atoms with Crippen LogP contribution in [-0.2, 0) is 11.2 Å². The predicted molar refractivity (Wildman–Crippen MR) is 91.7 cm³/mol. The number of aromatic nitrogens is 1. The van der Waals surface area contributed by atoms with Crippen LogP contribution < -0.4 is 11.1 Å². The van der Waals surface area contributed by atoms with Crippen molar-refractivity contribution < 1.29 is 4.79 Å². The van der Waals surface area contributed by atoms with E-state index in [9.17, 15) is 4.79 Å². The highest BCUT2D eigenvalue weighted by Crippen LogP contribution is 2.27. The Kier molecular flexibility index (Phi) is 5.36. The summed E-state index contributed by atoms with van der Waals surface area (Å²) in [5.41, 5.74) is 9.25. The van der Waals surface area contributed by atoms with E-state index in [0.717, 1.165) is 33.6 Å². The standard InChI is InChI=1S/C15H18BrN3OS/c1-9-6-11(16)7-13(15(9)17)19-14(20)5-3-4-12-8-21-10(2)18-12/h6-8H,3-5,17H2,1-2H3,(H,19,20). The van der Waals surface area contributed by atoms with Crippen LogP contribution >= 0.6 is 27.3 Å². The second kappa shape index (κ2) is 7.04. The Balaban J connectivity index is 1.87. The Labute approximate surface area is 136 Å². The van der Waals surface area contributed by atoms with Crippen LogP contribution in [0.2, 0.25) is 0 Å². The van der Waals surface area contributed by atoms with Gasteiger partial charge in [0.15, 0.2) is 0 Å². The summed E-state index contributed by atoms with van der Waals surface area (Å²) in [6.07, 6.45) is 2.06. The van der Waals surface area contributed by atoms with Crippen LogP contribution in [-0.4, -0.2) is 10.9 Å². The molecule has 1 amide bonds. The highest BCUT2D eigenvalue weighted by molar-refractivity contribution is 9.10. The summed E-state index contributed by atoms with van der Waals surface area (Å²) >= 11 is 5.05. The monoisotopic (exact) mass is 367 g/mol. The number of benzene rings is 1. The van der Waals surface area contributed by atoms with E-state index in [1.807, 2.05) is 31.4 Å². The first-order chi connectivity index (χ1) is 9.95. The SMILES string of the molecule is Cc1nc(CCCC(=O)Nc2cc(Br)cc(C)c2N)cs1. The molecule has 2 aromatic rings. The van der Waals surface area contributed by atoms with Crippen molar-refractivity contribution in [3.05, 3.63) is 38.3 Å². The fourth-order valence-electron chi connectivity index (χ4n) is 2.02. The molecule has 6 heteroatoms. The average molecular weight is 368 g/mol. The van der Waals surface area contributed by atoms with E-state index in [1.54, 1.807) is 11.3 Å². The van der Waals surface area contributed by atoms with E-state index in [1.165, 1.54) is 0 Å². The van der Waals surface area contributed by atoms with E-state index in [0.29, 0.717) is 17.8 Å². The lowest BCUT2D eigenvalue weighted by molar-refractivity contribution is -0.116. The topological polar surface area (TPSA) is 68.0 Å². The number of nitrogen functional groups attached to an aromatic ring is 1. The molecule has 0 fully saturated rings. The zero-order chi connectivity index (χ0) is 15.4. The molecule has 0 atom stereocenters. The van der Waals surface area contributed by atoms with Crippen molar-refractivity contribution in [3.8, 4) is 0 Å². The van der Waals surface area contributed by atoms with Gasteiger partial charge in [-0.15, -0.1) is 11.3 Å². The first-order valence-electron chi connectivity index (χ1n) is 6.72. The molecule has 0 saturated carbocycles. The Hall–Kier alpha value is -1.40. The minimum Gasteiger partial charge on any atom is -0.397 e. The second-order valence-corrected chi connectivity index (χ2v) is 6.92. The van der Waals surface area contributed by atoms with Gasteiger partial charge in [0.1, 0.15) is 0 Å². The summed E-state index contributed by atoms with van der Waals surface area (Å²) in [7, 11) is 0. The fourth-order valence-corrected chi connectivity index (χ4v) is 3.24. The molecule has 1 aromatic heterocycles. The molecule has 112 valence electrons. The van der Waals surface area contributed by atoms with E-state index in [4.69, 9.17) is 5.73 Å². The number of thiazole rings is 1. The van der Waals surface area contributed by atoms with Gasteiger partial charge in [-0.2, -0.15) is 0 Å². The molecule has 0 bridgehead atoms. The van der Waals surface area contributed by atoms with E-state index >= 15 is 0 Å². The number of amides is 1. The molecule has 3 N–H and O–H groups in total. The van der Waals surface area contributed by atoms with Gasteiger partial charge in [0, 0.05) is 16.3 Å². The maximum Gasteiger partial charge on any atom is 0.224 e. The average Bonchev–Trinajstić information content (AvgIpc) is 2.81. The number of carbonyl (C=O) groups excluding carboxylic acids is 1. The molecule has 1 aromatic carbocycles. The molecule has 1 heterocycles. The summed E-state index contributed by atoms with van der Waals surface area (Å²) in [5.74, 6) is -0.0221. The van der Waals surface area contributed by atoms with Gasteiger partial charge in [0.25, 0.3) is 0 Å². The third kappa shape index (κ3) is 4.54. The largest absolute Gasteiger partial charge is 0.397 e. The van der Waals surface area contributed by atoms with Crippen LogP contribution in [0.25, 0.3) is 0 Å². The van der Waals surface area contributed by atoms with Crippen molar-refractivity contribution in [2.45, 2.75) is 33.1 Å². The highest BCUT2D eigenvalue weighted by Gasteiger charge is 2.09. The van der Waals surface area contributed by atoms with Crippen LogP contribution in [0.5, 0.6) is 0 Å². The zero-order valence-electron chi connectivity index (χ0n) is 12.1. The first-order valence-corrected chi connectivity index (χ1v) is 8.39. The van der Waals surface area contributed by atoms with Gasteiger partial charge in [0.05, 0.1) is 22.1 Å². The van der Waals surface area contributed by atoms with Crippen molar-refractivity contribution in [1.29, 1.82) is 0 Å². The first kappa shape index (κ1) is 16.0. The van der Waals surface area contributed by atoms with Crippen molar-refractivity contribution in [2.75, 3.05) is 11.1 Å². The molecule has 0 unspecified atom stereocenters. The van der Waals surface area contributed by atoms with Gasteiger partial charge < -0.3 is 11.1 Å². The number of hydrogen-bond acceptors (Lipinski definition) is 4. The quantitative estimate of drug-likeness (QED) is 0.782. The minimum atomic E-state index is -0.0221. The van der Waals surface area contributed by atoms with Gasteiger partial charge >= 0.3 is 0 Å². The number of nitrogens with two attached hydrogens (primary N) is 1. The molecule has 0 aliphatic rings. The van der Waals surface area contributed by atoms with Gasteiger partial charge in [0.2, 0.25) is 5.91 Å². The molecule has 0 aliphatic carbocycles. The van der Waals surface area contributed by atoms with Gasteiger partial charge in [-0.25, -0.2) is 4.98 Å². The lowest BCUT2D eigenvalue weighted by Crippen LogP contribution is -2.13.